The van der Waals surface area contributed by atoms with Gasteiger partial charge in [0.15, 0.2) is 0 Å². The van der Waals surface area contributed by atoms with Crippen molar-refractivity contribution in [1.29, 1.82) is 0 Å². The summed E-state index contributed by atoms with van der Waals surface area (Å²) in [5.74, 6) is 0.534. The maximum atomic E-state index is 11.3. The zero-order chi connectivity index (χ0) is 37.3. The normalized spacial score (nSPS) is 11.0. The van der Waals surface area contributed by atoms with Crippen LogP contribution in [0.2, 0.25) is 0 Å². The minimum Gasteiger partial charge on any atom is -0.490 e. The van der Waals surface area contributed by atoms with Gasteiger partial charge in [-0.25, -0.2) is 9.59 Å². The Bertz CT molecular complexity index is 2500. The second-order valence-corrected chi connectivity index (χ2v) is 13.0. The van der Waals surface area contributed by atoms with E-state index < -0.39 is 11.9 Å². The van der Waals surface area contributed by atoms with E-state index >= 15 is 0 Å². The molecule has 0 atom stereocenters. The van der Waals surface area contributed by atoms with E-state index in [4.69, 9.17) is 18.9 Å². The van der Waals surface area contributed by atoms with E-state index in [1.807, 2.05) is 24.3 Å². The van der Waals surface area contributed by atoms with Crippen molar-refractivity contribution in [3.63, 3.8) is 0 Å². The number of carbonyl (C=O) groups is 2. The Kier molecular flexibility index (Phi) is 11.1. The number of rotatable bonds is 15. The van der Waals surface area contributed by atoms with Gasteiger partial charge in [0.05, 0.1) is 0 Å². The predicted molar refractivity (Wildman–Crippen MR) is 216 cm³/mol. The van der Waals surface area contributed by atoms with Crippen LogP contribution in [0.25, 0.3) is 43.4 Å². The van der Waals surface area contributed by atoms with Crippen molar-refractivity contribution in [1.82, 2.24) is 0 Å². The molecule has 7 rings (SSSR count). The first-order chi connectivity index (χ1) is 26.5. The first-order valence-corrected chi connectivity index (χ1v) is 18.0. The van der Waals surface area contributed by atoms with Gasteiger partial charge in [-0.2, -0.15) is 0 Å². The van der Waals surface area contributed by atoms with E-state index in [9.17, 15) is 9.59 Å². The fraction of sp³-hybridized carbons (Fsp3) is 0.125. The molecule has 0 aromatic heterocycles. The van der Waals surface area contributed by atoms with Gasteiger partial charge in [0.25, 0.3) is 0 Å². The molecule has 7 aromatic rings. The predicted octanol–water partition coefficient (Wildman–Crippen LogP) is 10.2. The highest BCUT2D eigenvalue weighted by atomic mass is 16.6. The summed E-state index contributed by atoms with van der Waals surface area (Å²) < 4.78 is 21.7. The van der Waals surface area contributed by atoms with Crippen LogP contribution in [0.15, 0.2) is 159 Å². The molecular weight excluding hydrogens is 673 g/mol. The van der Waals surface area contributed by atoms with E-state index in [0.717, 1.165) is 58.0 Å². The van der Waals surface area contributed by atoms with Gasteiger partial charge in [0.1, 0.15) is 37.9 Å². The fourth-order valence-corrected chi connectivity index (χ4v) is 6.81. The van der Waals surface area contributed by atoms with Crippen LogP contribution < -0.4 is 9.47 Å². The van der Waals surface area contributed by atoms with Gasteiger partial charge in [-0.15, -0.1) is 0 Å². The highest BCUT2D eigenvalue weighted by Crippen LogP contribution is 2.36. The molecule has 0 aliphatic heterocycles. The molecule has 0 spiro atoms. The average molecular weight is 713 g/mol. The van der Waals surface area contributed by atoms with Gasteiger partial charge in [-0.1, -0.05) is 122 Å². The van der Waals surface area contributed by atoms with Crippen LogP contribution in [-0.2, 0) is 31.9 Å². The van der Waals surface area contributed by atoms with Crippen molar-refractivity contribution in [2.24, 2.45) is 0 Å². The van der Waals surface area contributed by atoms with Crippen LogP contribution in [0.1, 0.15) is 22.3 Å². The van der Waals surface area contributed by atoms with Crippen LogP contribution >= 0.6 is 0 Å². The summed E-state index contributed by atoms with van der Waals surface area (Å²) in [7, 11) is 0. The molecule has 7 aromatic carbocycles. The number of benzene rings is 7. The third kappa shape index (κ3) is 8.51. The van der Waals surface area contributed by atoms with Crippen LogP contribution in [0.5, 0.6) is 11.5 Å². The van der Waals surface area contributed by atoms with Gasteiger partial charge in [-0.05, 0) is 103 Å². The molecule has 6 nitrogen and oxygen atoms in total. The molecule has 0 radical (unpaired) electrons. The van der Waals surface area contributed by atoms with Crippen LogP contribution in [-0.4, -0.2) is 38.4 Å². The Labute approximate surface area is 314 Å². The van der Waals surface area contributed by atoms with Crippen molar-refractivity contribution in [2.45, 2.75) is 12.8 Å². The molecule has 0 saturated carbocycles. The average Bonchev–Trinajstić information content (AvgIpc) is 3.21. The summed E-state index contributed by atoms with van der Waals surface area (Å²) in [6.45, 7) is 7.69. The number of esters is 2. The van der Waals surface area contributed by atoms with Crippen molar-refractivity contribution >= 4 is 44.3 Å². The highest BCUT2D eigenvalue weighted by molar-refractivity contribution is 5.93. The molecule has 268 valence electrons. The molecule has 6 heteroatoms. The van der Waals surface area contributed by atoms with Crippen LogP contribution in [0.4, 0.5) is 0 Å². The third-order valence-corrected chi connectivity index (χ3v) is 9.40. The molecule has 0 heterocycles. The quantitative estimate of drug-likeness (QED) is 0.0599. The van der Waals surface area contributed by atoms with E-state index in [1.165, 1.54) is 44.2 Å². The van der Waals surface area contributed by atoms with Crippen molar-refractivity contribution in [2.75, 3.05) is 26.4 Å². The number of carbonyl (C=O) groups excluding carboxylic acids is 2. The zero-order valence-corrected chi connectivity index (χ0v) is 30.0. The van der Waals surface area contributed by atoms with Gasteiger partial charge < -0.3 is 18.9 Å². The van der Waals surface area contributed by atoms with E-state index in [0.29, 0.717) is 0 Å². The van der Waals surface area contributed by atoms with Crippen molar-refractivity contribution in [3.05, 3.63) is 181 Å². The monoisotopic (exact) mass is 712 g/mol. The SMILES string of the molecule is C=CC(=O)OCCOc1ccc2cc(Cc3ccccc3-c3ccc4ccccc4c3Cc3ccc4cc(OCCOC(=O)C=C)ccc4c3)ccc2c1. The summed E-state index contributed by atoms with van der Waals surface area (Å²) in [5, 5.41) is 6.87. The minimum atomic E-state index is -0.460. The Hall–Kier alpha value is -6.66. The first kappa shape index (κ1) is 35.7. The third-order valence-electron chi connectivity index (χ3n) is 9.40. The molecule has 0 fully saturated rings. The van der Waals surface area contributed by atoms with E-state index in [-0.39, 0.29) is 26.4 Å². The topological polar surface area (TPSA) is 71.1 Å². The second kappa shape index (κ2) is 16.8. The minimum absolute atomic E-state index is 0.164. The number of hydrogen-bond acceptors (Lipinski definition) is 6. The van der Waals surface area contributed by atoms with Crippen molar-refractivity contribution in [3.8, 4) is 22.6 Å². The molecule has 0 aliphatic carbocycles. The Morgan fingerprint density at radius 1 is 0.481 bits per heavy atom. The fourth-order valence-electron chi connectivity index (χ4n) is 6.81. The number of hydrogen-bond donors (Lipinski definition) is 0. The molecule has 0 aliphatic rings. The van der Waals surface area contributed by atoms with Gasteiger partial charge in [0.2, 0.25) is 0 Å². The first-order valence-electron chi connectivity index (χ1n) is 18.0. The molecule has 0 unspecified atom stereocenters. The van der Waals surface area contributed by atoms with Gasteiger partial charge in [-0.3, -0.25) is 0 Å². The Balaban J connectivity index is 1.13. The van der Waals surface area contributed by atoms with E-state index in [1.54, 1.807) is 0 Å². The lowest BCUT2D eigenvalue weighted by molar-refractivity contribution is -0.139. The summed E-state index contributed by atoms with van der Waals surface area (Å²) in [5.41, 5.74) is 7.44. The summed E-state index contributed by atoms with van der Waals surface area (Å²) >= 11 is 0. The summed E-state index contributed by atoms with van der Waals surface area (Å²) in [6.07, 6.45) is 3.84. The lowest BCUT2D eigenvalue weighted by Gasteiger charge is -2.18. The molecule has 0 saturated heterocycles. The molecule has 54 heavy (non-hydrogen) atoms. The van der Waals surface area contributed by atoms with Crippen molar-refractivity contribution < 1.29 is 28.5 Å². The highest BCUT2D eigenvalue weighted by Gasteiger charge is 2.15. The number of fused-ring (bicyclic) bond motifs is 3. The smallest absolute Gasteiger partial charge is 0.330 e. The largest absolute Gasteiger partial charge is 0.490 e. The van der Waals surface area contributed by atoms with E-state index in [2.05, 4.69) is 122 Å². The van der Waals surface area contributed by atoms with Gasteiger partial charge >= 0.3 is 11.9 Å². The van der Waals surface area contributed by atoms with Crippen LogP contribution in [0, 0.1) is 0 Å². The maximum absolute atomic E-state index is 11.3. The molecule has 0 N–H and O–H groups in total. The van der Waals surface area contributed by atoms with Crippen LogP contribution in [0.3, 0.4) is 0 Å². The lowest BCUT2D eigenvalue weighted by Crippen LogP contribution is -2.10. The Morgan fingerprint density at radius 2 is 1.00 bits per heavy atom. The lowest BCUT2D eigenvalue weighted by atomic mass is 9.86. The zero-order valence-electron chi connectivity index (χ0n) is 30.0. The molecular formula is C48H40O6. The standard InChI is InChI=1S/C48H40O6/c1-3-47(49)53-25-23-51-41-20-17-36-27-33(13-15-38(36)31-41)29-40-10-6-8-12-44(40)45-22-19-35-9-5-7-11-43(35)46(45)30-34-14-16-39-32-42(21-18-37(39)28-34)52-24-26-54-48(50)4-2/h3-22,27-28,31-32H,1-2,23-26,29-30H2. The Morgan fingerprint density at radius 3 is 1.63 bits per heavy atom. The summed E-state index contributed by atoms with van der Waals surface area (Å²) in [4.78, 5) is 22.6. The van der Waals surface area contributed by atoms with Gasteiger partial charge in [0, 0.05) is 12.2 Å². The number of ether oxygens (including phenoxy) is 4. The summed E-state index contributed by atoms with van der Waals surface area (Å²) in [6, 6.07) is 47.0. The molecule has 0 bridgehead atoms. The molecule has 0 amide bonds. The maximum Gasteiger partial charge on any atom is 0.330 e. The second-order valence-electron chi connectivity index (χ2n) is 13.0.